The molecular formula is C25H31NO. The highest BCUT2D eigenvalue weighted by Crippen LogP contribution is 2.37. The van der Waals surface area contributed by atoms with Gasteiger partial charge in [0.25, 0.3) is 0 Å². The minimum Gasteiger partial charge on any atom is -0.298 e. The average molecular weight is 362 g/mol. The monoisotopic (exact) mass is 361 g/mol. The van der Waals surface area contributed by atoms with E-state index in [9.17, 15) is 4.79 Å². The summed E-state index contributed by atoms with van der Waals surface area (Å²) in [7, 11) is 0. The Morgan fingerprint density at radius 1 is 0.889 bits per heavy atom. The topological polar surface area (TPSA) is 20.3 Å². The lowest BCUT2D eigenvalue weighted by Crippen LogP contribution is -2.41. The molecule has 1 saturated heterocycles. The second-order valence-electron chi connectivity index (χ2n) is 8.32. The van der Waals surface area contributed by atoms with E-state index in [1.807, 2.05) is 0 Å². The van der Waals surface area contributed by atoms with Crippen LogP contribution < -0.4 is 0 Å². The second kappa shape index (κ2) is 8.84. The molecule has 0 radical (unpaired) electrons. The van der Waals surface area contributed by atoms with Crippen LogP contribution in [-0.2, 0) is 4.79 Å². The number of rotatable bonds is 6. The Morgan fingerprint density at radius 3 is 2.11 bits per heavy atom. The summed E-state index contributed by atoms with van der Waals surface area (Å²) in [6.45, 7) is 1.68. The van der Waals surface area contributed by atoms with Gasteiger partial charge in [0.05, 0.1) is 6.54 Å². The van der Waals surface area contributed by atoms with Gasteiger partial charge in [-0.3, -0.25) is 9.69 Å². The Labute approximate surface area is 163 Å². The van der Waals surface area contributed by atoms with Gasteiger partial charge in [0.1, 0.15) is 5.78 Å². The maximum Gasteiger partial charge on any atom is 0.148 e. The molecule has 1 aliphatic heterocycles. The number of likely N-dealkylation sites (tertiary alicyclic amines) is 1. The molecule has 142 valence electrons. The third-order valence-corrected chi connectivity index (χ3v) is 6.63. The number of hydrogen-bond donors (Lipinski definition) is 0. The van der Waals surface area contributed by atoms with Crippen LogP contribution in [0.2, 0.25) is 0 Å². The molecular weight excluding hydrogens is 330 g/mol. The number of ketones is 1. The molecule has 1 unspecified atom stereocenters. The predicted molar refractivity (Wildman–Crippen MR) is 111 cm³/mol. The Kier molecular flexibility index (Phi) is 6.03. The smallest absolute Gasteiger partial charge is 0.148 e. The summed E-state index contributed by atoms with van der Waals surface area (Å²) in [6, 6.07) is 22.6. The van der Waals surface area contributed by atoms with Gasteiger partial charge in [-0.15, -0.1) is 0 Å². The second-order valence-corrected chi connectivity index (χ2v) is 8.32. The van der Waals surface area contributed by atoms with Crippen LogP contribution in [0, 0.1) is 5.92 Å². The van der Waals surface area contributed by atoms with Crippen LogP contribution in [0.25, 0.3) is 0 Å². The van der Waals surface area contributed by atoms with E-state index in [1.165, 1.54) is 49.7 Å². The zero-order valence-electron chi connectivity index (χ0n) is 16.2. The molecule has 2 heteroatoms. The molecule has 1 saturated carbocycles. The van der Waals surface area contributed by atoms with Crippen molar-refractivity contribution in [1.82, 2.24) is 4.90 Å². The summed E-state index contributed by atoms with van der Waals surface area (Å²) in [6.07, 6.45) is 8.49. The van der Waals surface area contributed by atoms with Gasteiger partial charge in [0, 0.05) is 24.9 Å². The summed E-state index contributed by atoms with van der Waals surface area (Å²) in [5, 5.41) is 0. The van der Waals surface area contributed by atoms with Crippen LogP contribution in [0.4, 0.5) is 0 Å². The van der Waals surface area contributed by atoms with E-state index in [-0.39, 0.29) is 0 Å². The molecule has 2 nitrogen and oxygen atoms in total. The van der Waals surface area contributed by atoms with Crippen LogP contribution in [0.3, 0.4) is 0 Å². The number of nitrogens with zero attached hydrogens (tertiary/aromatic N) is 1. The van der Waals surface area contributed by atoms with Crippen molar-refractivity contribution in [2.75, 3.05) is 13.1 Å². The van der Waals surface area contributed by atoms with Crippen molar-refractivity contribution < 1.29 is 4.79 Å². The summed E-state index contributed by atoms with van der Waals surface area (Å²) < 4.78 is 0. The standard InChI is InChI=1S/C25H31NO/c27-23-17-18-26(19-23)25-14-8-7-13-22(25)15-16-24(20-9-3-1-4-10-20)21-11-5-2-6-12-21/h1-6,9-12,22,24-25H,7-8,13-19H2/t22-,25?/m1/s1. The van der Waals surface area contributed by atoms with Gasteiger partial charge in [-0.1, -0.05) is 73.5 Å². The van der Waals surface area contributed by atoms with Gasteiger partial charge in [0.2, 0.25) is 0 Å². The molecule has 1 aliphatic carbocycles. The largest absolute Gasteiger partial charge is 0.298 e. The van der Waals surface area contributed by atoms with Crippen molar-refractivity contribution in [2.24, 2.45) is 5.92 Å². The fraction of sp³-hybridized carbons (Fsp3) is 0.480. The Morgan fingerprint density at radius 2 is 1.52 bits per heavy atom. The SMILES string of the molecule is O=C1CCN(C2CCCC[C@@H]2CCC(c2ccccc2)c2ccccc2)C1. The van der Waals surface area contributed by atoms with Crippen molar-refractivity contribution >= 4 is 5.78 Å². The first-order chi connectivity index (χ1) is 13.3. The number of benzene rings is 2. The van der Waals surface area contributed by atoms with Crippen molar-refractivity contribution in [1.29, 1.82) is 0 Å². The van der Waals surface area contributed by atoms with Gasteiger partial charge in [0.15, 0.2) is 0 Å². The molecule has 2 aromatic rings. The molecule has 0 amide bonds. The number of carbonyl (C=O) groups is 1. The molecule has 27 heavy (non-hydrogen) atoms. The van der Waals surface area contributed by atoms with Gasteiger partial charge in [-0.05, 0) is 42.7 Å². The van der Waals surface area contributed by atoms with E-state index in [0.29, 0.717) is 24.3 Å². The Balaban J connectivity index is 1.48. The first-order valence-electron chi connectivity index (χ1n) is 10.7. The summed E-state index contributed by atoms with van der Waals surface area (Å²) in [5.74, 6) is 1.64. The lowest BCUT2D eigenvalue weighted by Gasteiger charge is -2.38. The highest BCUT2D eigenvalue weighted by molar-refractivity contribution is 5.82. The van der Waals surface area contributed by atoms with Crippen molar-refractivity contribution in [3.8, 4) is 0 Å². The maximum absolute atomic E-state index is 11.8. The van der Waals surface area contributed by atoms with Crippen molar-refractivity contribution in [2.45, 2.75) is 56.9 Å². The number of Topliss-reactive ketones (excluding diaryl/α,β-unsaturated/α-hetero) is 1. The third kappa shape index (κ3) is 4.50. The maximum atomic E-state index is 11.8. The molecule has 4 rings (SSSR count). The van der Waals surface area contributed by atoms with Gasteiger partial charge >= 0.3 is 0 Å². The third-order valence-electron chi connectivity index (χ3n) is 6.63. The predicted octanol–water partition coefficient (Wildman–Crippen LogP) is 5.43. The molecule has 0 N–H and O–H groups in total. The molecule has 0 aromatic heterocycles. The van der Waals surface area contributed by atoms with Crippen LogP contribution in [0.15, 0.2) is 60.7 Å². The molecule has 1 heterocycles. The van der Waals surface area contributed by atoms with Gasteiger partial charge in [-0.2, -0.15) is 0 Å². The van der Waals surface area contributed by atoms with Crippen LogP contribution in [0.5, 0.6) is 0 Å². The zero-order valence-corrected chi connectivity index (χ0v) is 16.2. The first-order valence-corrected chi connectivity index (χ1v) is 10.7. The minimum atomic E-state index is 0.436. The van der Waals surface area contributed by atoms with E-state index in [4.69, 9.17) is 0 Å². The van der Waals surface area contributed by atoms with Gasteiger partial charge in [-0.25, -0.2) is 0 Å². The van der Waals surface area contributed by atoms with Crippen LogP contribution >= 0.6 is 0 Å². The normalized spacial score (nSPS) is 23.8. The van der Waals surface area contributed by atoms with Gasteiger partial charge < -0.3 is 0 Å². The highest BCUT2D eigenvalue weighted by Gasteiger charge is 2.34. The molecule has 0 spiro atoms. The van der Waals surface area contributed by atoms with Crippen molar-refractivity contribution in [3.63, 3.8) is 0 Å². The van der Waals surface area contributed by atoms with E-state index in [2.05, 4.69) is 65.6 Å². The molecule has 2 aliphatic rings. The molecule has 0 bridgehead atoms. The Bertz CT molecular complexity index is 687. The Hall–Kier alpha value is -1.93. The lowest BCUT2D eigenvalue weighted by molar-refractivity contribution is -0.117. The lowest BCUT2D eigenvalue weighted by atomic mass is 9.77. The molecule has 2 fully saturated rings. The average Bonchev–Trinajstić information content (AvgIpc) is 3.16. The first kappa shape index (κ1) is 18.4. The summed E-state index contributed by atoms with van der Waals surface area (Å²) in [4.78, 5) is 14.3. The van der Waals surface area contributed by atoms with Crippen molar-refractivity contribution in [3.05, 3.63) is 71.8 Å². The minimum absolute atomic E-state index is 0.436. The molecule has 2 aromatic carbocycles. The quantitative estimate of drug-likeness (QED) is 0.683. The fourth-order valence-electron chi connectivity index (χ4n) is 5.22. The fourth-order valence-corrected chi connectivity index (χ4v) is 5.22. The van der Waals surface area contributed by atoms with Crippen LogP contribution in [-0.4, -0.2) is 29.8 Å². The summed E-state index contributed by atoms with van der Waals surface area (Å²) >= 11 is 0. The number of hydrogen-bond acceptors (Lipinski definition) is 2. The van der Waals surface area contributed by atoms with E-state index in [0.717, 1.165) is 18.9 Å². The van der Waals surface area contributed by atoms with E-state index >= 15 is 0 Å². The van der Waals surface area contributed by atoms with E-state index < -0.39 is 0 Å². The highest BCUT2D eigenvalue weighted by atomic mass is 16.1. The zero-order chi connectivity index (χ0) is 18.5. The van der Waals surface area contributed by atoms with Crippen LogP contribution in [0.1, 0.15) is 62.0 Å². The van der Waals surface area contributed by atoms with E-state index in [1.54, 1.807) is 0 Å². The molecule has 2 atom stereocenters. The summed E-state index contributed by atoms with van der Waals surface area (Å²) in [5.41, 5.74) is 2.85. The number of carbonyl (C=O) groups excluding carboxylic acids is 1.